The first kappa shape index (κ1) is 20.6. The van der Waals surface area contributed by atoms with Gasteiger partial charge in [0.15, 0.2) is 5.79 Å². The van der Waals surface area contributed by atoms with Crippen LogP contribution in [0, 0.1) is 23.7 Å². The fourth-order valence-electron chi connectivity index (χ4n) is 3.87. The van der Waals surface area contributed by atoms with Gasteiger partial charge in [0.2, 0.25) is 0 Å². The van der Waals surface area contributed by atoms with Crippen molar-refractivity contribution in [3.8, 4) is 18.4 Å². The lowest BCUT2D eigenvalue weighted by Gasteiger charge is -2.38. The van der Waals surface area contributed by atoms with Gasteiger partial charge in [-0.15, -0.1) is 17.8 Å². The second-order valence-electron chi connectivity index (χ2n) is 6.73. The first-order valence-corrected chi connectivity index (χ1v) is 10.9. The summed E-state index contributed by atoms with van der Waals surface area (Å²) in [4.78, 5) is 8.58. The van der Waals surface area contributed by atoms with Crippen molar-refractivity contribution in [1.29, 1.82) is 5.26 Å². The molecule has 0 N–H and O–H groups in total. The van der Waals surface area contributed by atoms with Crippen molar-refractivity contribution in [2.24, 2.45) is 0 Å². The molecule has 0 atom stereocenters. The lowest BCUT2D eigenvalue weighted by Crippen LogP contribution is -2.45. The molecule has 4 heterocycles. The van der Waals surface area contributed by atoms with E-state index >= 15 is 0 Å². The van der Waals surface area contributed by atoms with Crippen LogP contribution in [0.1, 0.15) is 56.0 Å². The lowest BCUT2D eigenvalue weighted by molar-refractivity contribution is -0.169. The number of nitriles is 1. The highest BCUT2D eigenvalue weighted by molar-refractivity contribution is 7.19. The SMILES string of the molecule is C#Cc1c(C#N)sc2nc(N3CCC4(CC3)OCCO4)cc(CCC)c12.CC. The number of rotatable bonds is 3. The average molecular weight is 398 g/mol. The van der Waals surface area contributed by atoms with Crippen LogP contribution in [0.15, 0.2) is 6.07 Å². The Morgan fingerprint density at radius 3 is 2.54 bits per heavy atom. The molecule has 0 saturated carbocycles. The van der Waals surface area contributed by atoms with Gasteiger partial charge in [0.1, 0.15) is 21.6 Å². The normalized spacial score (nSPS) is 17.8. The van der Waals surface area contributed by atoms with E-state index in [4.69, 9.17) is 20.9 Å². The van der Waals surface area contributed by atoms with Crippen LogP contribution in [0.4, 0.5) is 5.82 Å². The fourth-order valence-corrected chi connectivity index (χ4v) is 4.84. The summed E-state index contributed by atoms with van der Waals surface area (Å²) in [6, 6.07) is 4.37. The summed E-state index contributed by atoms with van der Waals surface area (Å²) in [5.74, 6) is 3.27. The summed E-state index contributed by atoms with van der Waals surface area (Å²) >= 11 is 1.39. The van der Waals surface area contributed by atoms with Crippen molar-refractivity contribution in [2.75, 3.05) is 31.2 Å². The molecule has 2 aromatic rings. The molecule has 4 rings (SSSR count). The molecule has 2 aliphatic heterocycles. The van der Waals surface area contributed by atoms with Crippen LogP contribution < -0.4 is 4.90 Å². The summed E-state index contributed by atoms with van der Waals surface area (Å²) in [5, 5.41) is 10.4. The van der Waals surface area contributed by atoms with Crippen LogP contribution in [-0.2, 0) is 15.9 Å². The van der Waals surface area contributed by atoms with E-state index in [0.29, 0.717) is 23.7 Å². The maximum absolute atomic E-state index is 9.41. The molecule has 2 fully saturated rings. The van der Waals surface area contributed by atoms with Crippen LogP contribution in [0.2, 0.25) is 0 Å². The van der Waals surface area contributed by atoms with Crippen LogP contribution in [-0.4, -0.2) is 37.1 Å². The lowest BCUT2D eigenvalue weighted by atomic mass is 10.0. The number of anilines is 1. The molecule has 148 valence electrons. The first-order chi connectivity index (χ1) is 13.7. The van der Waals surface area contributed by atoms with Gasteiger partial charge in [0.25, 0.3) is 0 Å². The van der Waals surface area contributed by atoms with Gasteiger partial charge in [-0.3, -0.25) is 0 Å². The maximum atomic E-state index is 9.41. The van der Waals surface area contributed by atoms with E-state index in [9.17, 15) is 5.26 Å². The van der Waals surface area contributed by atoms with Crippen molar-refractivity contribution in [1.82, 2.24) is 4.98 Å². The molecule has 2 saturated heterocycles. The highest BCUT2D eigenvalue weighted by atomic mass is 32.1. The summed E-state index contributed by atoms with van der Waals surface area (Å²) in [5.41, 5.74) is 1.88. The van der Waals surface area contributed by atoms with Crippen LogP contribution in [0.5, 0.6) is 0 Å². The third-order valence-corrected chi connectivity index (χ3v) is 6.15. The number of ether oxygens (including phenoxy) is 2. The van der Waals surface area contributed by atoms with Crippen LogP contribution in [0.25, 0.3) is 10.2 Å². The molecule has 0 aliphatic carbocycles. The third-order valence-electron chi connectivity index (χ3n) is 5.16. The number of piperidine rings is 1. The molecule has 0 bridgehead atoms. The van der Waals surface area contributed by atoms with Gasteiger partial charge < -0.3 is 14.4 Å². The van der Waals surface area contributed by atoms with Gasteiger partial charge in [-0.05, 0) is 18.1 Å². The Balaban J connectivity index is 0.00000109. The molecule has 5 nitrogen and oxygen atoms in total. The van der Waals surface area contributed by atoms with Crippen LogP contribution >= 0.6 is 11.3 Å². The Morgan fingerprint density at radius 2 is 1.96 bits per heavy atom. The minimum absolute atomic E-state index is 0.388. The van der Waals surface area contributed by atoms with Gasteiger partial charge in [0.05, 0.1) is 18.8 Å². The van der Waals surface area contributed by atoms with E-state index in [1.165, 1.54) is 16.9 Å². The molecule has 0 radical (unpaired) electrons. The molecule has 0 amide bonds. The predicted molar refractivity (Wildman–Crippen MR) is 114 cm³/mol. The van der Waals surface area contributed by atoms with Crippen molar-refractivity contribution in [3.63, 3.8) is 0 Å². The monoisotopic (exact) mass is 397 g/mol. The van der Waals surface area contributed by atoms with Crippen LogP contribution in [0.3, 0.4) is 0 Å². The summed E-state index contributed by atoms with van der Waals surface area (Å²) in [6.45, 7) is 9.22. The van der Waals surface area contributed by atoms with Gasteiger partial charge >= 0.3 is 0 Å². The second kappa shape index (κ2) is 8.92. The van der Waals surface area contributed by atoms with Gasteiger partial charge in [-0.2, -0.15) is 5.26 Å². The average Bonchev–Trinajstić information content (AvgIpc) is 3.34. The Morgan fingerprint density at radius 1 is 1.29 bits per heavy atom. The zero-order valence-corrected chi connectivity index (χ0v) is 17.7. The van der Waals surface area contributed by atoms with Gasteiger partial charge in [-0.25, -0.2) is 4.98 Å². The van der Waals surface area contributed by atoms with Crippen molar-refractivity contribution < 1.29 is 9.47 Å². The number of pyridine rings is 1. The third kappa shape index (κ3) is 3.73. The predicted octanol–water partition coefficient (Wildman–Crippen LogP) is 4.47. The molecule has 2 aromatic heterocycles. The zero-order valence-electron chi connectivity index (χ0n) is 16.9. The molecule has 1 spiro atoms. The van der Waals surface area contributed by atoms with E-state index in [-0.39, 0.29) is 5.79 Å². The highest BCUT2D eigenvalue weighted by Crippen LogP contribution is 2.37. The largest absolute Gasteiger partial charge is 0.356 e. The Labute approximate surface area is 171 Å². The molecule has 0 unspecified atom stereocenters. The number of thiophene rings is 1. The molecular weight excluding hydrogens is 370 g/mol. The van der Waals surface area contributed by atoms with E-state index in [2.05, 4.69) is 29.9 Å². The van der Waals surface area contributed by atoms with Crippen molar-refractivity contribution in [3.05, 3.63) is 22.1 Å². The topological polar surface area (TPSA) is 58.4 Å². The Hall–Kier alpha value is -2.12. The summed E-state index contributed by atoms with van der Waals surface area (Å²) in [7, 11) is 0. The quantitative estimate of drug-likeness (QED) is 0.715. The number of hydrogen-bond donors (Lipinski definition) is 0. The number of terminal acetylenes is 1. The maximum Gasteiger partial charge on any atom is 0.171 e. The molecule has 6 heteroatoms. The van der Waals surface area contributed by atoms with E-state index in [1.54, 1.807) is 0 Å². The number of aromatic nitrogens is 1. The summed E-state index contributed by atoms with van der Waals surface area (Å²) in [6.07, 6.45) is 9.32. The van der Waals surface area contributed by atoms with Crippen molar-refractivity contribution in [2.45, 2.75) is 52.2 Å². The number of fused-ring (bicyclic) bond motifs is 1. The fraction of sp³-hybridized carbons (Fsp3) is 0.545. The molecule has 2 aliphatic rings. The Kier molecular flexibility index (Phi) is 6.57. The van der Waals surface area contributed by atoms with E-state index < -0.39 is 0 Å². The Bertz CT molecular complexity index is 906. The van der Waals surface area contributed by atoms with E-state index in [1.807, 2.05) is 13.8 Å². The number of aryl methyl sites for hydroxylation is 1. The highest BCUT2D eigenvalue weighted by Gasteiger charge is 2.40. The summed E-state index contributed by atoms with van der Waals surface area (Å²) < 4.78 is 11.6. The zero-order chi connectivity index (χ0) is 20.1. The second-order valence-corrected chi connectivity index (χ2v) is 7.73. The standard InChI is InChI=1S/C20H21N3O2S.C2H6/c1-3-5-14-12-17(22-19-18(14)15(4-2)16(13-21)26-19)23-8-6-20(7-9-23)24-10-11-25-20;1-2/h2,12H,3,5-11H2,1H3;1-2H3. The van der Waals surface area contributed by atoms with Gasteiger partial charge in [0, 0.05) is 31.3 Å². The minimum Gasteiger partial charge on any atom is -0.356 e. The smallest absolute Gasteiger partial charge is 0.171 e. The molecular formula is C22H27N3O2S. The molecule has 0 aromatic carbocycles. The number of hydrogen-bond acceptors (Lipinski definition) is 6. The van der Waals surface area contributed by atoms with E-state index in [0.717, 1.165) is 54.8 Å². The minimum atomic E-state index is -0.388. The molecule has 28 heavy (non-hydrogen) atoms. The van der Waals surface area contributed by atoms with Gasteiger partial charge in [-0.1, -0.05) is 33.1 Å². The first-order valence-electron chi connectivity index (χ1n) is 10.1. The van der Waals surface area contributed by atoms with Crippen molar-refractivity contribution >= 4 is 27.4 Å². The number of nitrogens with zero attached hydrogens (tertiary/aromatic N) is 3.